The average Bonchev–Trinajstić information content (AvgIpc) is 2.15. The van der Waals surface area contributed by atoms with E-state index in [-0.39, 0.29) is 5.60 Å². The van der Waals surface area contributed by atoms with Gasteiger partial charge in [-0.1, -0.05) is 0 Å². The van der Waals surface area contributed by atoms with Gasteiger partial charge in [-0.15, -0.1) is 0 Å². The van der Waals surface area contributed by atoms with E-state index in [1.54, 1.807) is 18.2 Å². The van der Waals surface area contributed by atoms with Crippen molar-refractivity contribution < 1.29 is 9.84 Å². The molecule has 1 heterocycles. The minimum absolute atomic E-state index is 0.347. The van der Waals surface area contributed by atoms with Crippen molar-refractivity contribution in [3.8, 4) is 11.8 Å². The average molecular weight is 203 g/mol. The van der Waals surface area contributed by atoms with Gasteiger partial charge in [0.1, 0.15) is 11.4 Å². The molecular weight excluding hydrogens is 190 g/mol. The number of hydrogen-bond donors (Lipinski definition) is 1. The molecule has 0 saturated heterocycles. The molecule has 78 valence electrons. The molecule has 3 heteroatoms. The summed E-state index contributed by atoms with van der Waals surface area (Å²) in [5.74, 6) is 0.678. The highest BCUT2D eigenvalue weighted by Crippen LogP contribution is 2.39. The van der Waals surface area contributed by atoms with Crippen molar-refractivity contribution in [3.63, 3.8) is 0 Å². The summed E-state index contributed by atoms with van der Waals surface area (Å²) in [7, 11) is 0. The largest absolute Gasteiger partial charge is 0.487 e. The first-order valence-electron chi connectivity index (χ1n) is 4.93. The Morgan fingerprint density at radius 1 is 1.53 bits per heavy atom. The lowest BCUT2D eigenvalue weighted by Gasteiger charge is -2.35. The molecule has 0 saturated carbocycles. The molecule has 0 fully saturated rings. The van der Waals surface area contributed by atoms with Crippen LogP contribution in [0, 0.1) is 11.3 Å². The lowest BCUT2D eigenvalue weighted by molar-refractivity contribution is 0.0115. The van der Waals surface area contributed by atoms with Gasteiger partial charge in [0.15, 0.2) is 0 Å². The summed E-state index contributed by atoms with van der Waals surface area (Å²) in [5.41, 5.74) is 0.921. The summed E-state index contributed by atoms with van der Waals surface area (Å²) in [6.45, 7) is 3.88. The van der Waals surface area contributed by atoms with Crippen LogP contribution in [0.1, 0.15) is 37.5 Å². The van der Waals surface area contributed by atoms with Gasteiger partial charge in [-0.05, 0) is 32.0 Å². The third-order valence-corrected chi connectivity index (χ3v) is 2.57. The molecule has 15 heavy (non-hydrogen) atoms. The number of hydrogen-bond acceptors (Lipinski definition) is 3. The number of aliphatic hydroxyl groups excluding tert-OH is 1. The fourth-order valence-electron chi connectivity index (χ4n) is 1.89. The molecule has 0 spiro atoms. The van der Waals surface area contributed by atoms with Crippen molar-refractivity contribution >= 4 is 0 Å². The zero-order chi connectivity index (χ0) is 11.1. The molecule has 0 bridgehead atoms. The van der Waals surface area contributed by atoms with Crippen LogP contribution in [0.25, 0.3) is 0 Å². The number of nitrogens with zero attached hydrogens (tertiary/aromatic N) is 1. The SMILES string of the molecule is CC1(C)CC(O)c2cc(C#N)ccc2O1. The van der Waals surface area contributed by atoms with Crippen LogP contribution >= 0.6 is 0 Å². The molecule has 0 aromatic heterocycles. The third-order valence-electron chi connectivity index (χ3n) is 2.57. The highest BCUT2D eigenvalue weighted by Gasteiger charge is 2.32. The van der Waals surface area contributed by atoms with E-state index in [9.17, 15) is 5.11 Å². The summed E-state index contributed by atoms with van der Waals surface area (Å²) in [5, 5.41) is 18.7. The van der Waals surface area contributed by atoms with Crippen LogP contribution in [0.5, 0.6) is 5.75 Å². The summed E-state index contributed by atoms with van der Waals surface area (Å²) < 4.78 is 5.72. The zero-order valence-electron chi connectivity index (χ0n) is 8.82. The van der Waals surface area contributed by atoms with Crippen molar-refractivity contribution in [2.24, 2.45) is 0 Å². The molecule has 1 aliphatic rings. The Bertz CT molecular complexity index is 432. The van der Waals surface area contributed by atoms with Crippen LogP contribution in [-0.2, 0) is 0 Å². The van der Waals surface area contributed by atoms with Crippen molar-refractivity contribution in [1.82, 2.24) is 0 Å². The molecule has 0 aliphatic carbocycles. The van der Waals surface area contributed by atoms with Crippen molar-refractivity contribution in [2.75, 3.05) is 0 Å². The van der Waals surface area contributed by atoms with Crippen molar-refractivity contribution in [1.29, 1.82) is 5.26 Å². The molecule has 1 aliphatic heterocycles. The summed E-state index contributed by atoms with van der Waals surface area (Å²) in [4.78, 5) is 0. The van der Waals surface area contributed by atoms with Gasteiger partial charge in [0.2, 0.25) is 0 Å². The molecule has 3 nitrogen and oxygen atoms in total. The lowest BCUT2D eigenvalue weighted by Crippen LogP contribution is -2.34. The minimum atomic E-state index is -0.544. The highest BCUT2D eigenvalue weighted by atomic mass is 16.5. The van der Waals surface area contributed by atoms with Gasteiger partial charge in [-0.25, -0.2) is 0 Å². The standard InChI is InChI=1S/C12H13NO2/c1-12(2)6-10(14)9-5-8(7-13)3-4-11(9)15-12/h3-5,10,14H,6H2,1-2H3. The second-order valence-corrected chi connectivity index (χ2v) is 4.45. The van der Waals surface area contributed by atoms with Gasteiger partial charge in [-0.3, -0.25) is 0 Å². The molecule has 1 atom stereocenters. The maximum absolute atomic E-state index is 9.93. The van der Waals surface area contributed by atoms with Crippen LogP contribution in [0.2, 0.25) is 0 Å². The summed E-state index contributed by atoms with van der Waals surface area (Å²) in [6.07, 6.45) is 0.00608. The Morgan fingerprint density at radius 3 is 2.93 bits per heavy atom. The lowest BCUT2D eigenvalue weighted by atomic mass is 9.91. The van der Waals surface area contributed by atoms with Gasteiger partial charge in [0, 0.05) is 12.0 Å². The minimum Gasteiger partial charge on any atom is -0.487 e. The Morgan fingerprint density at radius 2 is 2.27 bits per heavy atom. The number of fused-ring (bicyclic) bond motifs is 1. The molecule has 1 N–H and O–H groups in total. The van der Waals surface area contributed by atoms with Crippen LogP contribution in [0.4, 0.5) is 0 Å². The highest BCUT2D eigenvalue weighted by molar-refractivity contribution is 5.44. The topological polar surface area (TPSA) is 53.2 Å². The first-order valence-corrected chi connectivity index (χ1v) is 4.93. The van der Waals surface area contributed by atoms with E-state index in [4.69, 9.17) is 10.00 Å². The molecule has 0 radical (unpaired) electrons. The number of ether oxygens (including phenoxy) is 1. The van der Waals surface area contributed by atoms with Crippen LogP contribution < -0.4 is 4.74 Å². The predicted molar refractivity (Wildman–Crippen MR) is 55.4 cm³/mol. The zero-order valence-corrected chi connectivity index (χ0v) is 8.82. The smallest absolute Gasteiger partial charge is 0.126 e. The van der Waals surface area contributed by atoms with Crippen LogP contribution in [0.15, 0.2) is 18.2 Å². The van der Waals surface area contributed by atoms with Crippen molar-refractivity contribution in [2.45, 2.75) is 32.0 Å². The summed E-state index contributed by atoms with van der Waals surface area (Å²) >= 11 is 0. The van der Waals surface area contributed by atoms with Gasteiger partial charge >= 0.3 is 0 Å². The normalized spacial score (nSPS) is 22.4. The Hall–Kier alpha value is -1.53. The summed E-state index contributed by atoms with van der Waals surface area (Å²) in [6, 6.07) is 7.19. The number of nitriles is 1. The molecular formula is C12H13NO2. The van der Waals surface area contributed by atoms with Crippen LogP contribution in [0.3, 0.4) is 0 Å². The van der Waals surface area contributed by atoms with E-state index < -0.39 is 6.10 Å². The fraction of sp³-hybridized carbons (Fsp3) is 0.417. The fourth-order valence-corrected chi connectivity index (χ4v) is 1.89. The predicted octanol–water partition coefficient (Wildman–Crippen LogP) is 2.15. The Kier molecular flexibility index (Phi) is 2.17. The Balaban J connectivity index is 2.47. The monoisotopic (exact) mass is 203 g/mol. The van der Waals surface area contributed by atoms with E-state index in [0.29, 0.717) is 23.3 Å². The number of benzene rings is 1. The van der Waals surface area contributed by atoms with Crippen LogP contribution in [-0.4, -0.2) is 10.7 Å². The third kappa shape index (κ3) is 1.81. The molecule has 0 amide bonds. The molecule has 1 unspecified atom stereocenters. The quantitative estimate of drug-likeness (QED) is 0.703. The van der Waals surface area contributed by atoms with E-state index in [1.807, 2.05) is 13.8 Å². The van der Waals surface area contributed by atoms with Gasteiger partial charge in [-0.2, -0.15) is 5.26 Å². The van der Waals surface area contributed by atoms with E-state index in [1.165, 1.54) is 0 Å². The molecule has 1 aromatic carbocycles. The Labute approximate surface area is 88.9 Å². The van der Waals surface area contributed by atoms with E-state index >= 15 is 0 Å². The molecule has 1 aromatic rings. The second-order valence-electron chi connectivity index (χ2n) is 4.45. The van der Waals surface area contributed by atoms with E-state index in [2.05, 4.69) is 6.07 Å². The van der Waals surface area contributed by atoms with Crippen molar-refractivity contribution in [3.05, 3.63) is 29.3 Å². The number of rotatable bonds is 0. The van der Waals surface area contributed by atoms with Gasteiger partial charge < -0.3 is 9.84 Å². The molecule has 2 rings (SSSR count). The first kappa shape index (κ1) is 10.0. The van der Waals surface area contributed by atoms with Gasteiger partial charge in [0.05, 0.1) is 17.7 Å². The first-order chi connectivity index (χ1) is 7.02. The second kappa shape index (κ2) is 3.25. The number of aliphatic hydroxyl groups is 1. The van der Waals surface area contributed by atoms with Gasteiger partial charge in [0.25, 0.3) is 0 Å². The van der Waals surface area contributed by atoms with E-state index in [0.717, 1.165) is 0 Å². The maximum atomic E-state index is 9.93. The maximum Gasteiger partial charge on any atom is 0.126 e.